The van der Waals surface area contributed by atoms with E-state index < -0.39 is 0 Å². The Kier molecular flexibility index (Phi) is 7.67. The molecule has 2 rings (SSSR count). The fourth-order valence-corrected chi connectivity index (χ4v) is 3.47. The first-order valence-electron chi connectivity index (χ1n) is 8.42. The molecule has 1 aromatic carbocycles. The van der Waals surface area contributed by atoms with Crippen LogP contribution in [-0.4, -0.2) is 43.3 Å². The molecule has 0 aliphatic heterocycles. The number of rotatable bonds is 8. The Morgan fingerprint density at radius 2 is 1.77 bits per heavy atom. The third kappa shape index (κ3) is 6.25. The van der Waals surface area contributed by atoms with E-state index in [1.54, 1.807) is 0 Å². The molecule has 22 heavy (non-hydrogen) atoms. The lowest BCUT2D eigenvalue weighted by Gasteiger charge is -2.31. The molecule has 0 unspecified atom stereocenters. The van der Waals surface area contributed by atoms with Crippen molar-refractivity contribution in [3.05, 3.63) is 34.9 Å². The summed E-state index contributed by atoms with van der Waals surface area (Å²) in [5, 5.41) is 13.3. The second kappa shape index (κ2) is 9.51. The minimum atomic E-state index is 0.264. The van der Waals surface area contributed by atoms with Crippen LogP contribution in [-0.2, 0) is 6.54 Å². The number of hydrogen-bond donors (Lipinski definition) is 2. The maximum Gasteiger partial charge on any atom is 0.0558 e. The van der Waals surface area contributed by atoms with Gasteiger partial charge in [0.25, 0.3) is 0 Å². The normalized spacial score (nSPS) is 22.2. The summed E-state index contributed by atoms with van der Waals surface area (Å²) in [4.78, 5) is 2.25. The Morgan fingerprint density at radius 3 is 2.41 bits per heavy atom. The first kappa shape index (κ1) is 17.7. The second-order valence-electron chi connectivity index (χ2n) is 6.63. The van der Waals surface area contributed by atoms with Crippen LogP contribution in [0.25, 0.3) is 0 Å². The van der Waals surface area contributed by atoms with Crippen LogP contribution in [0.15, 0.2) is 24.3 Å². The smallest absolute Gasteiger partial charge is 0.0558 e. The fraction of sp³-hybridized carbons (Fsp3) is 0.667. The lowest BCUT2D eigenvalue weighted by Crippen LogP contribution is -2.32. The van der Waals surface area contributed by atoms with Crippen molar-refractivity contribution in [3.63, 3.8) is 0 Å². The average Bonchev–Trinajstić information content (AvgIpc) is 2.51. The van der Waals surface area contributed by atoms with Crippen molar-refractivity contribution in [1.29, 1.82) is 0 Å². The zero-order valence-corrected chi connectivity index (χ0v) is 14.4. The van der Waals surface area contributed by atoms with Gasteiger partial charge in [0.05, 0.1) is 6.61 Å². The zero-order valence-electron chi connectivity index (χ0n) is 13.6. The van der Waals surface area contributed by atoms with Gasteiger partial charge in [0, 0.05) is 24.7 Å². The summed E-state index contributed by atoms with van der Waals surface area (Å²) in [7, 11) is 2.11. The summed E-state index contributed by atoms with van der Waals surface area (Å²) in [5.41, 5.74) is 1.30. The lowest BCUT2D eigenvalue weighted by atomic mass is 9.81. The van der Waals surface area contributed by atoms with Gasteiger partial charge in [-0.05, 0) is 68.8 Å². The first-order valence-corrected chi connectivity index (χ1v) is 8.79. The van der Waals surface area contributed by atoms with E-state index in [9.17, 15) is 0 Å². The van der Waals surface area contributed by atoms with Crippen molar-refractivity contribution < 1.29 is 5.11 Å². The van der Waals surface area contributed by atoms with Crippen LogP contribution < -0.4 is 5.32 Å². The number of benzene rings is 1. The van der Waals surface area contributed by atoms with Gasteiger partial charge in [-0.25, -0.2) is 0 Å². The van der Waals surface area contributed by atoms with Crippen LogP contribution in [0, 0.1) is 11.8 Å². The molecule has 1 fully saturated rings. The van der Waals surface area contributed by atoms with Crippen molar-refractivity contribution in [1.82, 2.24) is 10.2 Å². The Morgan fingerprint density at radius 1 is 1.14 bits per heavy atom. The van der Waals surface area contributed by atoms with Crippen LogP contribution in [0.5, 0.6) is 0 Å². The molecule has 0 bridgehead atoms. The summed E-state index contributed by atoms with van der Waals surface area (Å²) in [6.45, 7) is 4.23. The number of nitrogens with zero attached hydrogens (tertiary/aromatic N) is 1. The van der Waals surface area contributed by atoms with Crippen LogP contribution in [0.3, 0.4) is 0 Å². The highest BCUT2D eigenvalue weighted by Crippen LogP contribution is 2.28. The van der Waals surface area contributed by atoms with E-state index in [2.05, 4.69) is 29.4 Å². The van der Waals surface area contributed by atoms with Crippen molar-refractivity contribution in [2.75, 3.05) is 33.3 Å². The maximum absolute atomic E-state index is 8.96. The van der Waals surface area contributed by atoms with E-state index in [1.807, 2.05) is 12.1 Å². The SMILES string of the molecule is CN(CCO)CC1CCC(CNCc2ccc(Cl)cc2)CC1. The molecule has 2 N–H and O–H groups in total. The number of nitrogens with one attached hydrogen (secondary N) is 1. The molecule has 0 heterocycles. The molecule has 1 aliphatic rings. The van der Waals surface area contributed by atoms with Gasteiger partial charge in [0.15, 0.2) is 0 Å². The molecule has 1 saturated carbocycles. The van der Waals surface area contributed by atoms with E-state index in [0.717, 1.165) is 43.0 Å². The van der Waals surface area contributed by atoms with E-state index in [1.165, 1.54) is 31.2 Å². The van der Waals surface area contributed by atoms with E-state index in [0.29, 0.717) is 0 Å². The Labute approximate surface area is 139 Å². The van der Waals surface area contributed by atoms with E-state index >= 15 is 0 Å². The van der Waals surface area contributed by atoms with Crippen molar-refractivity contribution in [2.45, 2.75) is 32.2 Å². The van der Waals surface area contributed by atoms with E-state index in [4.69, 9.17) is 16.7 Å². The Bertz CT molecular complexity index is 416. The maximum atomic E-state index is 8.96. The highest BCUT2D eigenvalue weighted by atomic mass is 35.5. The van der Waals surface area contributed by atoms with Crippen LogP contribution in [0.1, 0.15) is 31.2 Å². The fourth-order valence-electron chi connectivity index (χ4n) is 3.34. The molecule has 1 aliphatic carbocycles. The molecule has 3 nitrogen and oxygen atoms in total. The highest BCUT2D eigenvalue weighted by molar-refractivity contribution is 6.30. The van der Waals surface area contributed by atoms with Crippen LogP contribution in [0.2, 0.25) is 5.02 Å². The van der Waals surface area contributed by atoms with Crippen molar-refractivity contribution in [2.24, 2.45) is 11.8 Å². The molecular formula is C18H29ClN2O. The predicted molar refractivity (Wildman–Crippen MR) is 93.2 cm³/mol. The Balaban J connectivity index is 1.60. The lowest BCUT2D eigenvalue weighted by molar-refractivity contribution is 0.171. The third-order valence-corrected chi connectivity index (χ3v) is 4.95. The van der Waals surface area contributed by atoms with Crippen LogP contribution in [0.4, 0.5) is 0 Å². The Hall–Kier alpha value is -0.610. The monoisotopic (exact) mass is 324 g/mol. The van der Waals surface area contributed by atoms with Gasteiger partial charge in [-0.1, -0.05) is 23.7 Å². The molecule has 1 aromatic rings. The third-order valence-electron chi connectivity index (χ3n) is 4.69. The largest absolute Gasteiger partial charge is 0.395 e. The van der Waals surface area contributed by atoms with Crippen molar-refractivity contribution in [3.8, 4) is 0 Å². The van der Waals surface area contributed by atoms with E-state index in [-0.39, 0.29) is 6.61 Å². The molecular weight excluding hydrogens is 296 g/mol. The number of hydrogen-bond acceptors (Lipinski definition) is 3. The summed E-state index contributed by atoms with van der Waals surface area (Å²) in [5.74, 6) is 1.62. The molecule has 4 heteroatoms. The minimum absolute atomic E-state index is 0.264. The first-order chi connectivity index (χ1) is 10.7. The number of likely N-dealkylation sites (N-methyl/N-ethyl adjacent to an activating group) is 1. The van der Waals surface area contributed by atoms with Gasteiger partial charge in [-0.3, -0.25) is 0 Å². The van der Waals surface area contributed by atoms with Gasteiger partial charge in [-0.2, -0.15) is 0 Å². The number of halogens is 1. The van der Waals surface area contributed by atoms with Gasteiger partial charge < -0.3 is 15.3 Å². The summed E-state index contributed by atoms with van der Waals surface area (Å²) < 4.78 is 0. The van der Waals surface area contributed by atoms with Gasteiger partial charge >= 0.3 is 0 Å². The molecule has 124 valence electrons. The van der Waals surface area contributed by atoms with Gasteiger partial charge in [0.1, 0.15) is 0 Å². The minimum Gasteiger partial charge on any atom is -0.395 e. The van der Waals surface area contributed by atoms with Gasteiger partial charge in [0.2, 0.25) is 0 Å². The standard InChI is InChI=1S/C18H29ClN2O/c1-21(10-11-22)14-17-4-2-15(3-5-17)12-20-13-16-6-8-18(19)9-7-16/h6-9,15,17,20,22H,2-5,10-14H2,1H3. The highest BCUT2D eigenvalue weighted by Gasteiger charge is 2.21. The molecule has 0 aromatic heterocycles. The molecule has 0 amide bonds. The molecule has 0 atom stereocenters. The van der Waals surface area contributed by atoms with Crippen molar-refractivity contribution >= 4 is 11.6 Å². The molecule has 0 spiro atoms. The summed E-state index contributed by atoms with van der Waals surface area (Å²) in [6.07, 6.45) is 5.29. The molecule has 0 saturated heterocycles. The van der Waals surface area contributed by atoms with Gasteiger partial charge in [-0.15, -0.1) is 0 Å². The number of aliphatic hydroxyl groups is 1. The van der Waals surface area contributed by atoms with Crippen LogP contribution >= 0.6 is 11.6 Å². The second-order valence-corrected chi connectivity index (χ2v) is 7.07. The number of aliphatic hydroxyl groups excluding tert-OH is 1. The molecule has 0 radical (unpaired) electrons. The predicted octanol–water partition coefficient (Wildman–Crippen LogP) is 3.16. The summed E-state index contributed by atoms with van der Waals surface area (Å²) >= 11 is 5.90. The average molecular weight is 325 g/mol. The quantitative estimate of drug-likeness (QED) is 0.771. The zero-order chi connectivity index (χ0) is 15.8. The topological polar surface area (TPSA) is 35.5 Å². The summed E-state index contributed by atoms with van der Waals surface area (Å²) in [6, 6.07) is 8.08.